The van der Waals surface area contributed by atoms with Gasteiger partial charge in [0.2, 0.25) is 0 Å². The molecule has 0 fully saturated rings. The van der Waals surface area contributed by atoms with Crippen LogP contribution < -0.4 is 0 Å². The van der Waals surface area contributed by atoms with E-state index >= 15 is 0 Å². The monoisotopic (exact) mass is 282 g/mol. The number of carboxylic acids is 1. The molecule has 2 aromatic carbocycles. The van der Waals surface area contributed by atoms with Crippen LogP contribution in [0.15, 0.2) is 47.5 Å². The molecule has 0 radical (unpaired) electrons. The van der Waals surface area contributed by atoms with Gasteiger partial charge in [-0.2, -0.15) is 0 Å². The van der Waals surface area contributed by atoms with Crippen molar-refractivity contribution in [3.8, 4) is 11.1 Å². The van der Waals surface area contributed by atoms with E-state index in [1.54, 1.807) is 24.3 Å². The van der Waals surface area contributed by atoms with E-state index < -0.39 is 10.9 Å². The number of nitro benzene ring substituents is 1. The van der Waals surface area contributed by atoms with Gasteiger partial charge in [-0.1, -0.05) is 12.1 Å². The third kappa shape index (κ3) is 2.27. The Balaban J connectivity index is 1.96. The maximum absolute atomic E-state index is 11.0. The van der Waals surface area contributed by atoms with Gasteiger partial charge in [0.05, 0.1) is 11.5 Å². The van der Waals surface area contributed by atoms with Crippen molar-refractivity contribution in [2.24, 2.45) is 4.99 Å². The van der Waals surface area contributed by atoms with E-state index in [0.29, 0.717) is 12.1 Å². The van der Waals surface area contributed by atoms with Crippen LogP contribution in [0.1, 0.15) is 11.1 Å². The van der Waals surface area contributed by atoms with Crippen LogP contribution in [0, 0.1) is 10.1 Å². The van der Waals surface area contributed by atoms with Crippen LogP contribution in [0.5, 0.6) is 0 Å². The van der Waals surface area contributed by atoms with Crippen LogP contribution in [0.4, 0.5) is 5.69 Å². The fourth-order valence-corrected chi connectivity index (χ4v) is 2.34. The average molecular weight is 282 g/mol. The third-order valence-corrected chi connectivity index (χ3v) is 3.38. The van der Waals surface area contributed by atoms with Crippen LogP contribution in [0.25, 0.3) is 11.1 Å². The highest BCUT2D eigenvalue weighted by Gasteiger charge is 2.21. The Hall–Kier alpha value is -3.02. The second kappa shape index (κ2) is 4.82. The summed E-state index contributed by atoms with van der Waals surface area (Å²) < 4.78 is 0. The third-order valence-electron chi connectivity index (χ3n) is 3.38. The molecule has 6 heteroatoms. The first-order chi connectivity index (χ1) is 10.1. The first-order valence-electron chi connectivity index (χ1n) is 6.22. The van der Waals surface area contributed by atoms with Gasteiger partial charge in [-0.15, -0.1) is 0 Å². The van der Waals surface area contributed by atoms with Crippen molar-refractivity contribution >= 4 is 17.4 Å². The number of carbonyl (C=O) groups is 1. The molecule has 6 nitrogen and oxygen atoms in total. The van der Waals surface area contributed by atoms with Crippen molar-refractivity contribution in [3.63, 3.8) is 0 Å². The number of carboxylic acid groups (broad SMARTS) is 1. The summed E-state index contributed by atoms with van der Waals surface area (Å²) in [6, 6.07) is 11.6. The molecule has 0 saturated carbocycles. The SMILES string of the molecule is O=C(O)C1=NCc2cc(-c3ccc([N+](=O)[O-])cc3)ccc21. The maximum Gasteiger partial charge on any atom is 0.354 e. The highest BCUT2D eigenvalue weighted by Crippen LogP contribution is 2.27. The van der Waals surface area contributed by atoms with Crippen LogP contribution >= 0.6 is 0 Å². The molecule has 1 heterocycles. The Morgan fingerprint density at radius 2 is 1.81 bits per heavy atom. The van der Waals surface area contributed by atoms with Gasteiger partial charge in [0.1, 0.15) is 0 Å². The standard InChI is InChI=1S/C15H10N2O4/c18-15(19)14-13-6-3-10(7-11(13)8-16-14)9-1-4-12(5-2-9)17(20)21/h1-7H,8H2,(H,18,19). The minimum Gasteiger partial charge on any atom is -0.477 e. The number of aliphatic carboxylic acids is 1. The second-order valence-electron chi connectivity index (χ2n) is 4.65. The van der Waals surface area contributed by atoms with E-state index in [4.69, 9.17) is 5.11 Å². The Labute approximate surface area is 119 Å². The van der Waals surface area contributed by atoms with Gasteiger partial charge in [0.25, 0.3) is 5.69 Å². The smallest absolute Gasteiger partial charge is 0.354 e. The zero-order valence-electron chi connectivity index (χ0n) is 10.8. The second-order valence-corrected chi connectivity index (χ2v) is 4.65. The molecular weight excluding hydrogens is 272 g/mol. The zero-order valence-corrected chi connectivity index (χ0v) is 10.8. The normalized spacial score (nSPS) is 12.7. The van der Waals surface area contributed by atoms with Crippen molar-refractivity contribution in [2.45, 2.75) is 6.54 Å². The van der Waals surface area contributed by atoms with E-state index in [0.717, 1.165) is 16.7 Å². The van der Waals surface area contributed by atoms with Crippen molar-refractivity contribution in [2.75, 3.05) is 0 Å². The highest BCUT2D eigenvalue weighted by molar-refractivity contribution is 6.43. The predicted octanol–water partition coefficient (Wildman–Crippen LogP) is 2.65. The topological polar surface area (TPSA) is 92.8 Å². The molecule has 0 aromatic heterocycles. The summed E-state index contributed by atoms with van der Waals surface area (Å²) in [5, 5.41) is 19.7. The summed E-state index contributed by atoms with van der Waals surface area (Å²) >= 11 is 0. The minimum absolute atomic E-state index is 0.0383. The fraction of sp³-hybridized carbons (Fsp3) is 0.0667. The largest absolute Gasteiger partial charge is 0.477 e. The van der Waals surface area contributed by atoms with Crippen molar-refractivity contribution in [1.82, 2.24) is 0 Å². The van der Waals surface area contributed by atoms with E-state index in [-0.39, 0.29) is 11.4 Å². The predicted molar refractivity (Wildman–Crippen MR) is 76.4 cm³/mol. The molecule has 0 saturated heterocycles. The lowest BCUT2D eigenvalue weighted by Crippen LogP contribution is -2.12. The number of rotatable bonds is 3. The molecule has 0 spiro atoms. The van der Waals surface area contributed by atoms with Gasteiger partial charge in [-0.25, -0.2) is 4.79 Å². The Morgan fingerprint density at radius 3 is 2.43 bits per heavy atom. The number of benzene rings is 2. The minimum atomic E-state index is -1.03. The first-order valence-corrected chi connectivity index (χ1v) is 6.22. The molecule has 3 rings (SSSR count). The summed E-state index contributed by atoms with van der Waals surface area (Å²) in [7, 11) is 0. The molecule has 1 aliphatic rings. The van der Waals surface area contributed by atoms with Crippen molar-refractivity contribution < 1.29 is 14.8 Å². The number of nitrogens with zero attached hydrogens (tertiary/aromatic N) is 2. The van der Waals surface area contributed by atoms with Gasteiger partial charge in [0.15, 0.2) is 5.71 Å². The van der Waals surface area contributed by atoms with Gasteiger partial charge < -0.3 is 5.11 Å². The Morgan fingerprint density at radius 1 is 1.14 bits per heavy atom. The molecule has 0 amide bonds. The lowest BCUT2D eigenvalue weighted by atomic mass is 9.98. The lowest BCUT2D eigenvalue weighted by molar-refractivity contribution is -0.384. The van der Waals surface area contributed by atoms with Crippen LogP contribution in [0.2, 0.25) is 0 Å². The number of nitro groups is 1. The molecular formula is C15H10N2O4. The van der Waals surface area contributed by atoms with Gasteiger partial charge >= 0.3 is 5.97 Å². The zero-order chi connectivity index (χ0) is 15.0. The van der Waals surface area contributed by atoms with E-state index in [1.807, 2.05) is 6.07 Å². The summed E-state index contributed by atoms with van der Waals surface area (Å²) in [6.07, 6.45) is 0. The van der Waals surface area contributed by atoms with Crippen molar-refractivity contribution in [1.29, 1.82) is 0 Å². The molecule has 0 unspecified atom stereocenters. The summed E-state index contributed by atoms with van der Waals surface area (Å²) in [6.45, 7) is 0.345. The Bertz CT molecular complexity index is 779. The fourth-order valence-electron chi connectivity index (χ4n) is 2.34. The van der Waals surface area contributed by atoms with Crippen molar-refractivity contribution in [3.05, 3.63) is 63.7 Å². The maximum atomic E-state index is 11.0. The number of hydrogen-bond acceptors (Lipinski definition) is 4. The summed E-state index contributed by atoms with van der Waals surface area (Å²) in [5.41, 5.74) is 3.32. The van der Waals surface area contributed by atoms with Crippen LogP contribution in [-0.4, -0.2) is 21.7 Å². The van der Waals surface area contributed by atoms with E-state index in [1.165, 1.54) is 12.1 Å². The first kappa shape index (κ1) is 13.0. The van der Waals surface area contributed by atoms with E-state index in [2.05, 4.69) is 4.99 Å². The Kier molecular flexibility index (Phi) is 2.98. The van der Waals surface area contributed by atoms with E-state index in [9.17, 15) is 14.9 Å². The molecule has 0 bridgehead atoms. The van der Waals surface area contributed by atoms with Gasteiger partial charge in [0, 0.05) is 17.7 Å². The number of fused-ring (bicyclic) bond motifs is 1. The average Bonchev–Trinajstić information content (AvgIpc) is 2.90. The van der Waals surface area contributed by atoms with Gasteiger partial charge in [-0.3, -0.25) is 15.1 Å². The quantitative estimate of drug-likeness (QED) is 0.691. The molecule has 0 aliphatic carbocycles. The molecule has 0 atom stereocenters. The molecule has 104 valence electrons. The molecule has 1 N–H and O–H groups in total. The lowest BCUT2D eigenvalue weighted by Gasteiger charge is -2.05. The number of hydrogen-bond donors (Lipinski definition) is 1. The summed E-state index contributed by atoms with van der Waals surface area (Å²) in [5.74, 6) is -1.03. The molecule has 1 aliphatic heterocycles. The highest BCUT2D eigenvalue weighted by atomic mass is 16.6. The number of aliphatic imine (C=N–C) groups is 1. The van der Waals surface area contributed by atoms with Crippen LogP contribution in [0.3, 0.4) is 0 Å². The molecule has 21 heavy (non-hydrogen) atoms. The molecule has 2 aromatic rings. The summed E-state index contributed by atoms with van der Waals surface area (Å²) in [4.78, 5) is 25.2. The van der Waals surface area contributed by atoms with Crippen LogP contribution in [-0.2, 0) is 11.3 Å². The van der Waals surface area contributed by atoms with Gasteiger partial charge in [-0.05, 0) is 34.9 Å². The number of non-ortho nitro benzene ring substituents is 1.